The van der Waals surface area contributed by atoms with Crippen LogP contribution in [0.1, 0.15) is 39.7 Å². The van der Waals surface area contributed by atoms with E-state index in [0.717, 1.165) is 22.5 Å². The number of rotatable bonds is 5. The highest BCUT2D eigenvalue weighted by molar-refractivity contribution is 5.80. The minimum absolute atomic E-state index is 0.390. The number of ether oxygens (including phenoxy) is 1. The minimum Gasteiger partial charge on any atom is -0.623 e. The van der Waals surface area contributed by atoms with Crippen molar-refractivity contribution in [2.45, 2.75) is 39.7 Å². The minimum atomic E-state index is -0.390. The summed E-state index contributed by atoms with van der Waals surface area (Å²) >= 11 is 0. The molecule has 0 spiro atoms. The van der Waals surface area contributed by atoms with E-state index in [1.165, 1.54) is 0 Å². The van der Waals surface area contributed by atoms with Crippen LogP contribution in [0.25, 0.3) is 0 Å². The Bertz CT molecular complexity index is 397. The Balaban J connectivity index is 3.05. The van der Waals surface area contributed by atoms with Gasteiger partial charge in [0.1, 0.15) is 5.75 Å². The maximum atomic E-state index is 12.0. The van der Waals surface area contributed by atoms with Gasteiger partial charge in [0.05, 0.1) is 12.2 Å². The van der Waals surface area contributed by atoms with Gasteiger partial charge in [0.25, 0.3) is 0 Å². The maximum absolute atomic E-state index is 12.0. The molecule has 0 saturated heterocycles. The summed E-state index contributed by atoms with van der Waals surface area (Å²) < 4.78 is 6.49. The van der Waals surface area contributed by atoms with E-state index in [4.69, 9.17) is 4.74 Å². The lowest BCUT2D eigenvalue weighted by Gasteiger charge is -2.22. The number of hydroxylamine groups is 1. The van der Waals surface area contributed by atoms with E-state index >= 15 is 0 Å². The van der Waals surface area contributed by atoms with Gasteiger partial charge in [-0.3, -0.25) is 0 Å². The van der Waals surface area contributed by atoms with Crippen molar-refractivity contribution < 1.29 is 9.48 Å². The molecule has 0 unspecified atom stereocenters. The van der Waals surface area contributed by atoms with Gasteiger partial charge in [-0.25, -0.2) is 4.74 Å². The Kier molecular flexibility index (Phi) is 4.55. The molecule has 0 aliphatic heterocycles. The van der Waals surface area contributed by atoms with Gasteiger partial charge in [-0.1, -0.05) is 19.1 Å². The lowest BCUT2D eigenvalue weighted by molar-refractivity contribution is -0.536. The molecule has 3 heteroatoms. The van der Waals surface area contributed by atoms with Gasteiger partial charge in [0.2, 0.25) is 0 Å². The summed E-state index contributed by atoms with van der Waals surface area (Å²) in [6, 6.07) is 7.58. The molecule has 1 rings (SSSR count). The van der Waals surface area contributed by atoms with Crippen LogP contribution in [0.4, 0.5) is 0 Å². The Labute approximate surface area is 103 Å². The SMILES string of the molecule is CCOc1ccccc1C=[N+]([O-])C(C)(C)CC. The predicted octanol–water partition coefficient (Wildman–Crippen LogP) is 3.20. The van der Waals surface area contributed by atoms with Gasteiger partial charge >= 0.3 is 0 Å². The van der Waals surface area contributed by atoms with E-state index in [0.29, 0.717) is 6.61 Å². The second-order valence-corrected chi connectivity index (χ2v) is 4.59. The highest BCUT2D eigenvalue weighted by Gasteiger charge is 2.23. The molecule has 17 heavy (non-hydrogen) atoms. The molecule has 94 valence electrons. The molecule has 0 fully saturated rings. The number of nitrogens with zero attached hydrogens (tertiary/aromatic N) is 1. The third kappa shape index (κ3) is 3.48. The fourth-order valence-electron chi connectivity index (χ4n) is 1.33. The van der Waals surface area contributed by atoms with E-state index in [-0.39, 0.29) is 5.54 Å². The Morgan fingerprint density at radius 1 is 1.29 bits per heavy atom. The van der Waals surface area contributed by atoms with Crippen LogP contribution in [0.2, 0.25) is 0 Å². The number of para-hydroxylation sites is 1. The fraction of sp³-hybridized carbons (Fsp3) is 0.500. The quantitative estimate of drug-likeness (QED) is 0.340. The van der Waals surface area contributed by atoms with Crippen LogP contribution in [0, 0.1) is 5.21 Å². The first-order chi connectivity index (χ1) is 8.01. The van der Waals surface area contributed by atoms with Crippen molar-refractivity contribution in [3.8, 4) is 5.75 Å². The van der Waals surface area contributed by atoms with Crippen LogP contribution >= 0.6 is 0 Å². The van der Waals surface area contributed by atoms with Crippen LogP contribution in [0.5, 0.6) is 5.75 Å². The zero-order valence-electron chi connectivity index (χ0n) is 11.1. The Morgan fingerprint density at radius 3 is 2.53 bits per heavy atom. The van der Waals surface area contributed by atoms with Gasteiger partial charge in [-0.15, -0.1) is 0 Å². The Hall–Kier alpha value is -1.51. The lowest BCUT2D eigenvalue weighted by atomic mass is 10.0. The van der Waals surface area contributed by atoms with Crippen molar-refractivity contribution in [2.24, 2.45) is 0 Å². The molecule has 0 bridgehead atoms. The third-order valence-electron chi connectivity index (χ3n) is 2.94. The van der Waals surface area contributed by atoms with Gasteiger partial charge in [0.15, 0.2) is 11.8 Å². The first-order valence-electron chi connectivity index (χ1n) is 6.04. The molecule has 1 aromatic rings. The van der Waals surface area contributed by atoms with E-state index in [2.05, 4.69) is 0 Å². The number of hydrogen-bond donors (Lipinski definition) is 0. The zero-order chi connectivity index (χ0) is 12.9. The molecule has 0 saturated carbocycles. The molecule has 1 aromatic carbocycles. The second kappa shape index (κ2) is 5.71. The molecular formula is C14H21NO2. The summed E-state index contributed by atoms with van der Waals surface area (Å²) in [5, 5.41) is 12.0. The first-order valence-corrected chi connectivity index (χ1v) is 6.04. The fourth-order valence-corrected chi connectivity index (χ4v) is 1.33. The summed E-state index contributed by atoms with van der Waals surface area (Å²) in [7, 11) is 0. The average Bonchev–Trinajstić information content (AvgIpc) is 2.32. The summed E-state index contributed by atoms with van der Waals surface area (Å²) in [5.74, 6) is 0.753. The first kappa shape index (κ1) is 13.6. The summed E-state index contributed by atoms with van der Waals surface area (Å²) in [6.45, 7) is 8.40. The molecule has 0 amide bonds. The normalized spacial score (nSPS) is 12.6. The monoisotopic (exact) mass is 235 g/mol. The number of benzene rings is 1. The molecule has 0 aromatic heterocycles. The van der Waals surface area contributed by atoms with Crippen molar-refractivity contribution >= 4 is 6.21 Å². The van der Waals surface area contributed by atoms with Gasteiger partial charge < -0.3 is 9.94 Å². The highest BCUT2D eigenvalue weighted by Crippen LogP contribution is 2.18. The molecule has 0 heterocycles. The van der Waals surface area contributed by atoms with Crippen molar-refractivity contribution in [1.82, 2.24) is 0 Å². The van der Waals surface area contributed by atoms with E-state index in [1.54, 1.807) is 6.21 Å². The van der Waals surface area contributed by atoms with Crippen LogP contribution in [-0.2, 0) is 0 Å². The smallest absolute Gasteiger partial charge is 0.186 e. The summed E-state index contributed by atoms with van der Waals surface area (Å²) in [6.07, 6.45) is 2.40. The maximum Gasteiger partial charge on any atom is 0.186 e. The van der Waals surface area contributed by atoms with Crippen LogP contribution in [-0.4, -0.2) is 23.1 Å². The summed E-state index contributed by atoms with van der Waals surface area (Å²) in [4.78, 5) is 0. The molecule has 0 aliphatic carbocycles. The van der Waals surface area contributed by atoms with Crippen LogP contribution < -0.4 is 4.74 Å². The standard InChI is InChI=1S/C14H21NO2/c1-5-14(3,4)15(16)11-12-9-7-8-10-13(12)17-6-2/h7-11H,5-6H2,1-4H3. The van der Waals surface area contributed by atoms with E-state index in [1.807, 2.05) is 52.0 Å². The highest BCUT2D eigenvalue weighted by atomic mass is 16.5. The lowest BCUT2D eigenvalue weighted by Crippen LogP contribution is -2.32. The Morgan fingerprint density at radius 2 is 1.94 bits per heavy atom. The molecule has 0 atom stereocenters. The molecule has 0 radical (unpaired) electrons. The van der Waals surface area contributed by atoms with Gasteiger partial charge in [-0.2, -0.15) is 0 Å². The molecule has 3 nitrogen and oxygen atoms in total. The van der Waals surface area contributed by atoms with Crippen LogP contribution in [0.3, 0.4) is 0 Å². The predicted molar refractivity (Wildman–Crippen MR) is 70.8 cm³/mol. The van der Waals surface area contributed by atoms with Crippen molar-refractivity contribution in [3.63, 3.8) is 0 Å². The third-order valence-corrected chi connectivity index (χ3v) is 2.94. The molecule has 0 N–H and O–H groups in total. The van der Waals surface area contributed by atoms with Gasteiger partial charge in [-0.05, 0) is 19.1 Å². The van der Waals surface area contributed by atoms with E-state index < -0.39 is 0 Å². The summed E-state index contributed by atoms with van der Waals surface area (Å²) in [5.41, 5.74) is 0.435. The largest absolute Gasteiger partial charge is 0.623 e. The van der Waals surface area contributed by atoms with Gasteiger partial charge in [0, 0.05) is 20.3 Å². The zero-order valence-corrected chi connectivity index (χ0v) is 11.1. The molecule has 0 aliphatic rings. The van der Waals surface area contributed by atoms with E-state index in [9.17, 15) is 5.21 Å². The van der Waals surface area contributed by atoms with Crippen molar-refractivity contribution in [1.29, 1.82) is 0 Å². The number of hydrogen-bond acceptors (Lipinski definition) is 2. The van der Waals surface area contributed by atoms with Crippen LogP contribution in [0.15, 0.2) is 24.3 Å². The molecular weight excluding hydrogens is 214 g/mol. The topological polar surface area (TPSA) is 35.3 Å². The van der Waals surface area contributed by atoms with Crippen molar-refractivity contribution in [2.75, 3.05) is 6.61 Å². The van der Waals surface area contributed by atoms with Crippen molar-refractivity contribution in [3.05, 3.63) is 35.0 Å². The second-order valence-electron chi connectivity index (χ2n) is 4.59. The average molecular weight is 235 g/mol.